The van der Waals surface area contributed by atoms with Gasteiger partial charge in [0.2, 0.25) is 0 Å². The van der Waals surface area contributed by atoms with Crippen LogP contribution in [0.15, 0.2) is 142 Å². The Kier molecular flexibility index (Phi) is 4.87. The van der Waals surface area contributed by atoms with Crippen molar-refractivity contribution in [2.45, 2.75) is 0 Å². The molecule has 42 heavy (non-hydrogen) atoms. The van der Waals surface area contributed by atoms with Gasteiger partial charge in [0.05, 0.1) is 0 Å². The fourth-order valence-electron chi connectivity index (χ4n) is 6.14. The maximum atomic E-state index is 6.50. The second-order valence-electron chi connectivity index (χ2n) is 10.6. The number of hydrogen-bond acceptors (Lipinski definition) is 4. The molecule has 4 heteroatoms. The lowest BCUT2D eigenvalue weighted by Crippen LogP contribution is -1.95. The van der Waals surface area contributed by atoms with Crippen LogP contribution in [0, 0.1) is 0 Å². The third kappa shape index (κ3) is 3.42. The van der Waals surface area contributed by atoms with Gasteiger partial charge in [0, 0.05) is 27.3 Å². The number of aromatic nitrogens is 2. The summed E-state index contributed by atoms with van der Waals surface area (Å²) in [4.78, 5) is 10.3. The van der Waals surface area contributed by atoms with Crippen LogP contribution in [0.25, 0.3) is 88.6 Å². The Morgan fingerprint density at radius 3 is 1.90 bits per heavy atom. The van der Waals surface area contributed by atoms with Gasteiger partial charge in [0.25, 0.3) is 0 Å². The molecule has 0 radical (unpaired) electrons. The zero-order valence-corrected chi connectivity index (χ0v) is 22.4. The average molecular weight is 539 g/mol. The van der Waals surface area contributed by atoms with Crippen LogP contribution in [0.3, 0.4) is 0 Å². The van der Waals surface area contributed by atoms with Gasteiger partial charge in [-0.25, -0.2) is 9.97 Å². The zero-order chi connectivity index (χ0) is 27.6. The maximum Gasteiger partial charge on any atom is 0.180 e. The minimum absolute atomic E-state index is 0.636. The van der Waals surface area contributed by atoms with Crippen LogP contribution in [0.4, 0.5) is 0 Å². The SMILES string of the molecule is c1ccc(-c2ccc3oc4cc(-c5nc(-c6ccccc6)c6oc7ccccc7c6n5)c5ccccc5c4c3c2)cc1. The van der Waals surface area contributed by atoms with Gasteiger partial charge in [-0.15, -0.1) is 0 Å². The molecule has 3 aromatic heterocycles. The molecule has 9 aromatic rings. The van der Waals surface area contributed by atoms with Gasteiger partial charge in [-0.3, -0.25) is 0 Å². The highest BCUT2D eigenvalue weighted by Crippen LogP contribution is 2.42. The van der Waals surface area contributed by atoms with Crippen LogP contribution < -0.4 is 0 Å². The van der Waals surface area contributed by atoms with Crippen LogP contribution in [0.2, 0.25) is 0 Å². The topological polar surface area (TPSA) is 52.1 Å². The molecule has 0 bridgehead atoms. The van der Waals surface area contributed by atoms with Crippen molar-refractivity contribution in [2.75, 3.05) is 0 Å². The summed E-state index contributed by atoms with van der Waals surface area (Å²) in [5.41, 5.74) is 8.96. The summed E-state index contributed by atoms with van der Waals surface area (Å²) in [6, 6.07) is 45.6. The highest BCUT2D eigenvalue weighted by atomic mass is 16.3. The van der Waals surface area contributed by atoms with E-state index in [1.165, 1.54) is 5.56 Å². The van der Waals surface area contributed by atoms with Crippen molar-refractivity contribution in [2.24, 2.45) is 0 Å². The predicted molar refractivity (Wildman–Crippen MR) is 170 cm³/mol. The molecule has 3 heterocycles. The fourth-order valence-corrected chi connectivity index (χ4v) is 6.14. The van der Waals surface area contributed by atoms with Crippen LogP contribution in [-0.4, -0.2) is 9.97 Å². The van der Waals surface area contributed by atoms with E-state index in [0.29, 0.717) is 11.4 Å². The number of fused-ring (bicyclic) bond motifs is 8. The summed E-state index contributed by atoms with van der Waals surface area (Å²) in [5.74, 6) is 0.636. The monoisotopic (exact) mass is 538 g/mol. The van der Waals surface area contributed by atoms with Gasteiger partial charge in [0.15, 0.2) is 11.4 Å². The van der Waals surface area contributed by atoms with Crippen molar-refractivity contribution >= 4 is 54.8 Å². The number of benzene rings is 6. The minimum atomic E-state index is 0.636. The van der Waals surface area contributed by atoms with Crippen molar-refractivity contribution in [1.82, 2.24) is 9.97 Å². The van der Waals surface area contributed by atoms with E-state index in [-0.39, 0.29) is 0 Å². The lowest BCUT2D eigenvalue weighted by atomic mass is 9.97. The highest BCUT2D eigenvalue weighted by molar-refractivity contribution is 6.22. The molecule has 196 valence electrons. The fraction of sp³-hybridized carbons (Fsp3) is 0. The van der Waals surface area contributed by atoms with Gasteiger partial charge in [-0.2, -0.15) is 0 Å². The molecule has 4 nitrogen and oxygen atoms in total. The zero-order valence-electron chi connectivity index (χ0n) is 22.4. The Bertz CT molecular complexity index is 2460. The summed E-state index contributed by atoms with van der Waals surface area (Å²) < 4.78 is 12.8. The number of hydrogen-bond donors (Lipinski definition) is 0. The normalized spacial score (nSPS) is 11.8. The molecule has 0 saturated heterocycles. The molecular weight excluding hydrogens is 516 g/mol. The van der Waals surface area contributed by atoms with Crippen LogP contribution in [0.1, 0.15) is 0 Å². The lowest BCUT2D eigenvalue weighted by Gasteiger charge is -2.10. The molecule has 0 saturated carbocycles. The van der Waals surface area contributed by atoms with E-state index in [4.69, 9.17) is 18.8 Å². The van der Waals surface area contributed by atoms with Gasteiger partial charge in [0.1, 0.15) is 28.0 Å². The number of rotatable bonds is 3. The number of para-hydroxylation sites is 1. The van der Waals surface area contributed by atoms with Crippen molar-refractivity contribution in [3.63, 3.8) is 0 Å². The van der Waals surface area contributed by atoms with E-state index in [0.717, 1.165) is 71.6 Å². The average Bonchev–Trinajstić information content (AvgIpc) is 3.63. The Morgan fingerprint density at radius 1 is 0.429 bits per heavy atom. The molecule has 0 aliphatic rings. The molecule has 0 N–H and O–H groups in total. The Morgan fingerprint density at radius 2 is 1.10 bits per heavy atom. The molecule has 0 atom stereocenters. The first-order valence-corrected chi connectivity index (χ1v) is 14.0. The van der Waals surface area contributed by atoms with E-state index >= 15 is 0 Å². The lowest BCUT2D eigenvalue weighted by molar-refractivity contribution is 0.667. The number of nitrogens with zero attached hydrogens (tertiary/aromatic N) is 2. The van der Waals surface area contributed by atoms with E-state index in [9.17, 15) is 0 Å². The van der Waals surface area contributed by atoms with Gasteiger partial charge >= 0.3 is 0 Å². The molecule has 0 spiro atoms. The van der Waals surface area contributed by atoms with Crippen LogP contribution in [-0.2, 0) is 0 Å². The largest absolute Gasteiger partial charge is 0.456 e. The predicted octanol–water partition coefficient (Wildman–Crippen LogP) is 10.4. The summed E-state index contributed by atoms with van der Waals surface area (Å²) in [5, 5.41) is 5.34. The highest BCUT2D eigenvalue weighted by Gasteiger charge is 2.21. The summed E-state index contributed by atoms with van der Waals surface area (Å²) in [6.07, 6.45) is 0. The Labute approximate surface area is 240 Å². The van der Waals surface area contributed by atoms with Gasteiger partial charge in [-0.05, 0) is 52.2 Å². The molecule has 0 aliphatic carbocycles. The molecule has 0 fully saturated rings. The molecule has 0 unspecified atom stereocenters. The van der Waals surface area contributed by atoms with Gasteiger partial charge < -0.3 is 8.83 Å². The second kappa shape index (κ2) is 8.88. The quantitative estimate of drug-likeness (QED) is 0.224. The molecule has 6 aromatic carbocycles. The Hall–Kier alpha value is -5.74. The van der Waals surface area contributed by atoms with Crippen LogP contribution >= 0.6 is 0 Å². The van der Waals surface area contributed by atoms with E-state index < -0.39 is 0 Å². The van der Waals surface area contributed by atoms with E-state index in [1.807, 2.05) is 42.5 Å². The number of furan rings is 2. The smallest absolute Gasteiger partial charge is 0.180 e. The summed E-state index contributed by atoms with van der Waals surface area (Å²) >= 11 is 0. The molecule has 9 rings (SSSR count). The first kappa shape index (κ1) is 23.0. The third-order valence-corrected chi connectivity index (χ3v) is 8.09. The van der Waals surface area contributed by atoms with Crippen LogP contribution in [0.5, 0.6) is 0 Å². The van der Waals surface area contributed by atoms with E-state index in [1.54, 1.807) is 0 Å². The van der Waals surface area contributed by atoms with Crippen molar-refractivity contribution in [3.8, 4) is 33.8 Å². The van der Waals surface area contributed by atoms with Crippen molar-refractivity contribution in [1.29, 1.82) is 0 Å². The molecule has 0 aliphatic heterocycles. The van der Waals surface area contributed by atoms with Gasteiger partial charge in [-0.1, -0.05) is 103 Å². The summed E-state index contributed by atoms with van der Waals surface area (Å²) in [6.45, 7) is 0. The maximum absolute atomic E-state index is 6.50. The Balaban J connectivity index is 1.36. The standard InChI is InChI=1S/C38H22N2O2/c1-3-11-23(12-4-1)25-19-20-32-30(21-25)34-27-16-8-7-15-26(27)29(22-33(34)41-32)38-39-35(24-13-5-2-6-14-24)37-36(40-38)28-17-9-10-18-31(28)42-37/h1-22H. The van der Waals surface area contributed by atoms with E-state index in [2.05, 4.69) is 91.0 Å². The minimum Gasteiger partial charge on any atom is -0.456 e. The molecular formula is C38H22N2O2. The first-order chi connectivity index (χ1) is 20.8. The van der Waals surface area contributed by atoms with Crippen molar-refractivity contribution in [3.05, 3.63) is 133 Å². The summed E-state index contributed by atoms with van der Waals surface area (Å²) in [7, 11) is 0. The van der Waals surface area contributed by atoms with Crippen molar-refractivity contribution < 1.29 is 8.83 Å². The third-order valence-electron chi connectivity index (χ3n) is 8.09. The second-order valence-corrected chi connectivity index (χ2v) is 10.6. The molecule has 0 amide bonds. The first-order valence-electron chi connectivity index (χ1n) is 14.0.